The van der Waals surface area contributed by atoms with E-state index >= 15 is 0 Å². The molecule has 0 aromatic heterocycles. The van der Waals surface area contributed by atoms with Crippen LogP contribution in [0.1, 0.15) is 36.5 Å². The molecule has 2 fully saturated rings. The van der Waals surface area contributed by atoms with Gasteiger partial charge in [-0.2, -0.15) is 0 Å². The number of hydrogen-bond acceptors (Lipinski definition) is 5. The van der Waals surface area contributed by atoms with E-state index in [0.29, 0.717) is 52.4 Å². The number of morpholine rings is 1. The van der Waals surface area contributed by atoms with E-state index in [4.69, 9.17) is 9.47 Å². The molecule has 7 heteroatoms. The van der Waals surface area contributed by atoms with E-state index in [2.05, 4.69) is 23.1 Å². The van der Waals surface area contributed by atoms with Crippen LogP contribution in [0.5, 0.6) is 5.75 Å². The van der Waals surface area contributed by atoms with Crippen molar-refractivity contribution in [2.24, 2.45) is 5.92 Å². The number of amides is 2. The second-order valence-electron chi connectivity index (χ2n) is 9.70. The van der Waals surface area contributed by atoms with Crippen LogP contribution in [0.25, 0.3) is 0 Å². The minimum atomic E-state index is -0.0723. The number of nitrogens with zero attached hydrogens (tertiary/aromatic N) is 3. The van der Waals surface area contributed by atoms with Crippen molar-refractivity contribution >= 4 is 11.8 Å². The average molecular weight is 478 g/mol. The Morgan fingerprint density at radius 3 is 2.34 bits per heavy atom. The summed E-state index contributed by atoms with van der Waals surface area (Å²) in [6.07, 6.45) is 1.91. The summed E-state index contributed by atoms with van der Waals surface area (Å²) in [4.78, 5) is 32.0. The molecule has 5 rings (SSSR count). The summed E-state index contributed by atoms with van der Waals surface area (Å²) in [6.45, 7) is 6.14. The summed E-state index contributed by atoms with van der Waals surface area (Å²) in [5.41, 5.74) is 2.30. The smallest absolute Gasteiger partial charge is 0.225 e. The lowest BCUT2D eigenvalue weighted by Crippen LogP contribution is -2.48. The van der Waals surface area contributed by atoms with E-state index in [1.807, 2.05) is 46.2 Å². The predicted molar refractivity (Wildman–Crippen MR) is 133 cm³/mol. The highest BCUT2D eigenvalue weighted by Crippen LogP contribution is 2.31. The van der Waals surface area contributed by atoms with Crippen molar-refractivity contribution in [2.75, 3.05) is 52.5 Å². The zero-order valence-corrected chi connectivity index (χ0v) is 20.3. The second-order valence-corrected chi connectivity index (χ2v) is 9.70. The van der Waals surface area contributed by atoms with E-state index < -0.39 is 0 Å². The number of benzene rings is 2. The van der Waals surface area contributed by atoms with Gasteiger partial charge in [-0.15, -0.1) is 0 Å². The van der Waals surface area contributed by atoms with Crippen LogP contribution in [0.3, 0.4) is 0 Å². The number of piperidine rings is 1. The summed E-state index contributed by atoms with van der Waals surface area (Å²) in [5.74, 6) is 1.36. The lowest BCUT2D eigenvalue weighted by Gasteiger charge is -2.35. The van der Waals surface area contributed by atoms with Crippen LogP contribution in [0.4, 0.5) is 0 Å². The molecule has 2 aromatic carbocycles. The van der Waals surface area contributed by atoms with Crippen LogP contribution in [0, 0.1) is 5.92 Å². The first-order valence-electron chi connectivity index (χ1n) is 12.8. The standard InChI is InChI=1S/C28H35N3O4/c32-27(30-14-10-23(11-15-30)28(33)31-16-18-34-19-17-31)12-13-29-20-24-8-4-5-9-25(24)35-26(21-29)22-6-2-1-3-7-22/h1-9,23,26H,10-21H2. The van der Waals surface area contributed by atoms with Crippen molar-refractivity contribution in [1.29, 1.82) is 0 Å². The number of ether oxygens (including phenoxy) is 2. The van der Waals surface area contributed by atoms with Crippen LogP contribution < -0.4 is 4.74 Å². The maximum Gasteiger partial charge on any atom is 0.225 e. The Hall–Kier alpha value is -2.90. The van der Waals surface area contributed by atoms with Gasteiger partial charge in [-0.05, 0) is 24.5 Å². The number of likely N-dealkylation sites (tertiary alicyclic amines) is 1. The first kappa shape index (κ1) is 23.8. The number of rotatable bonds is 5. The molecule has 0 spiro atoms. The molecule has 7 nitrogen and oxygen atoms in total. The average Bonchev–Trinajstić information content (AvgIpc) is 3.12. The Labute approximate surface area is 207 Å². The first-order valence-corrected chi connectivity index (χ1v) is 12.8. The second kappa shape index (κ2) is 11.2. The summed E-state index contributed by atoms with van der Waals surface area (Å²) in [5, 5.41) is 0. The van der Waals surface area contributed by atoms with Gasteiger partial charge in [0.15, 0.2) is 0 Å². The maximum atomic E-state index is 13.1. The fourth-order valence-corrected chi connectivity index (χ4v) is 5.32. The van der Waals surface area contributed by atoms with Gasteiger partial charge in [0.25, 0.3) is 0 Å². The van der Waals surface area contributed by atoms with Gasteiger partial charge in [0.1, 0.15) is 11.9 Å². The fourth-order valence-electron chi connectivity index (χ4n) is 5.32. The van der Waals surface area contributed by atoms with Crippen molar-refractivity contribution < 1.29 is 19.1 Å². The van der Waals surface area contributed by atoms with Crippen molar-refractivity contribution in [2.45, 2.75) is 31.9 Å². The van der Waals surface area contributed by atoms with E-state index in [-0.39, 0.29) is 23.8 Å². The summed E-state index contributed by atoms with van der Waals surface area (Å²) in [7, 11) is 0. The SMILES string of the molecule is O=C(CCN1Cc2ccccc2OC(c2ccccc2)C1)N1CCC(C(=O)N2CCOCC2)CC1. The largest absolute Gasteiger partial charge is 0.484 e. The molecule has 35 heavy (non-hydrogen) atoms. The van der Waals surface area contributed by atoms with Crippen LogP contribution in [0.15, 0.2) is 54.6 Å². The highest BCUT2D eigenvalue weighted by atomic mass is 16.5. The predicted octanol–water partition coefficient (Wildman–Crippen LogP) is 3.11. The van der Waals surface area contributed by atoms with E-state index in [1.165, 1.54) is 0 Å². The molecule has 1 atom stereocenters. The monoisotopic (exact) mass is 477 g/mol. The van der Waals surface area contributed by atoms with E-state index in [9.17, 15) is 9.59 Å². The molecule has 0 N–H and O–H groups in total. The maximum absolute atomic E-state index is 13.1. The van der Waals surface area contributed by atoms with Gasteiger partial charge in [0.2, 0.25) is 11.8 Å². The van der Waals surface area contributed by atoms with Crippen molar-refractivity contribution in [1.82, 2.24) is 14.7 Å². The van der Waals surface area contributed by atoms with Gasteiger partial charge in [-0.25, -0.2) is 0 Å². The Bertz CT molecular complexity index is 1000. The number of hydrogen-bond donors (Lipinski definition) is 0. The molecule has 0 bridgehead atoms. The molecule has 3 heterocycles. The normalized spacial score (nSPS) is 21.7. The third-order valence-corrected chi connectivity index (χ3v) is 7.39. The summed E-state index contributed by atoms with van der Waals surface area (Å²) in [6, 6.07) is 18.5. The number of carbonyl (C=O) groups is 2. The van der Waals surface area contributed by atoms with Gasteiger partial charge in [0.05, 0.1) is 13.2 Å². The van der Waals surface area contributed by atoms with Gasteiger partial charge in [-0.1, -0.05) is 48.5 Å². The Balaban J connectivity index is 1.16. The topological polar surface area (TPSA) is 62.3 Å². The molecule has 2 aromatic rings. The number of fused-ring (bicyclic) bond motifs is 1. The third-order valence-electron chi connectivity index (χ3n) is 7.39. The number of carbonyl (C=O) groups excluding carboxylic acids is 2. The van der Waals surface area contributed by atoms with Crippen LogP contribution >= 0.6 is 0 Å². The van der Waals surface area contributed by atoms with Crippen LogP contribution in [-0.2, 0) is 20.9 Å². The van der Waals surface area contributed by atoms with Crippen molar-refractivity contribution in [3.05, 3.63) is 65.7 Å². The van der Waals surface area contributed by atoms with E-state index in [1.54, 1.807) is 0 Å². The molecule has 186 valence electrons. The number of para-hydroxylation sites is 1. The molecule has 2 saturated heterocycles. The Morgan fingerprint density at radius 2 is 1.57 bits per heavy atom. The van der Waals surface area contributed by atoms with Gasteiger partial charge < -0.3 is 19.3 Å². The molecular formula is C28H35N3O4. The lowest BCUT2D eigenvalue weighted by molar-refractivity contribution is -0.143. The quantitative estimate of drug-likeness (QED) is 0.662. The Kier molecular flexibility index (Phi) is 7.64. The molecule has 2 amide bonds. The van der Waals surface area contributed by atoms with Gasteiger partial charge >= 0.3 is 0 Å². The summed E-state index contributed by atoms with van der Waals surface area (Å²) < 4.78 is 11.8. The molecule has 1 unspecified atom stereocenters. The minimum absolute atomic E-state index is 0.0306. The van der Waals surface area contributed by atoms with Crippen molar-refractivity contribution in [3.8, 4) is 5.75 Å². The highest BCUT2D eigenvalue weighted by molar-refractivity contribution is 5.80. The minimum Gasteiger partial charge on any atom is -0.484 e. The third kappa shape index (κ3) is 5.85. The molecule has 3 aliphatic rings. The highest BCUT2D eigenvalue weighted by Gasteiger charge is 2.31. The van der Waals surface area contributed by atoms with E-state index in [0.717, 1.165) is 42.8 Å². The molecule has 0 saturated carbocycles. The molecule has 0 radical (unpaired) electrons. The first-order chi connectivity index (χ1) is 17.2. The zero-order valence-electron chi connectivity index (χ0n) is 20.3. The van der Waals surface area contributed by atoms with Gasteiger partial charge in [0, 0.05) is 63.7 Å². The fraction of sp³-hybridized carbons (Fsp3) is 0.500. The summed E-state index contributed by atoms with van der Waals surface area (Å²) >= 11 is 0. The van der Waals surface area contributed by atoms with Crippen LogP contribution in [0.2, 0.25) is 0 Å². The van der Waals surface area contributed by atoms with Crippen LogP contribution in [-0.4, -0.2) is 79.0 Å². The molecule has 3 aliphatic heterocycles. The zero-order chi connectivity index (χ0) is 24.0. The Morgan fingerprint density at radius 1 is 0.857 bits per heavy atom. The lowest BCUT2D eigenvalue weighted by atomic mass is 9.95. The molecular weight excluding hydrogens is 442 g/mol. The van der Waals surface area contributed by atoms with Gasteiger partial charge in [-0.3, -0.25) is 14.5 Å². The molecule has 0 aliphatic carbocycles. The van der Waals surface area contributed by atoms with Crippen molar-refractivity contribution in [3.63, 3.8) is 0 Å².